The van der Waals surface area contributed by atoms with Crippen LogP contribution in [-0.2, 0) is 10.0 Å². The molecule has 1 rings (SSSR count). The molecule has 0 aliphatic heterocycles. The van der Waals surface area contributed by atoms with E-state index in [1.807, 2.05) is 0 Å². The monoisotopic (exact) mass is 246 g/mol. The molecule has 1 aromatic rings. The average molecular weight is 246 g/mol. The molecular weight excluding hydrogens is 231 g/mol. The van der Waals surface area contributed by atoms with E-state index in [1.54, 1.807) is 6.92 Å². The number of nitrogens with zero attached hydrogens (tertiary/aromatic N) is 1. The SMILES string of the molecule is CCN(C)S(=O)(=O)c1cc(N)cc(C)c1F. The second kappa shape index (κ2) is 4.39. The van der Waals surface area contributed by atoms with Gasteiger partial charge in [-0.3, -0.25) is 0 Å². The van der Waals surface area contributed by atoms with Crippen LogP contribution in [0.15, 0.2) is 17.0 Å². The summed E-state index contributed by atoms with van der Waals surface area (Å²) >= 11 is 0. The van der Waals surface area contributed by atoms with Crippen molar-refractivity contribution in [3.63, 3.8) is 0 Å². The highest BCUT2D eigenvalue weighted by molar-refractivity contribution is 7.89. The highest BCUT2D eigenvalue weighted by Gasteiger charge is 2.24. The molecular formula is C10H15FN2O2S. The van der Waals surface area contributed by atoms with Crippen molar-refractivity contribution in [2.75, 3.05) is 19.3 Å². The van der Waals surface area contributed by atoms with Crippen LogP contribution in [0.5, 0.6) is 0 Å². The Morgan fingerprint density at radius 1 is 1.44 bits per heavy atom. The molecule has 1 aromatic carbocycles. The smallest absolute Gasteiger partial charge is 0.245 e. The lowest BCUT2D eigenvalue weighted by Gasteiger charge is -2.16. The Balaban J connectivity index is 3.45. The fourth-order valence-electron chi connectivity index (χ4n) is 1.29. The zero-order valence-electron chi connectivity index (χ0n) is 9.49. The number of benzene rings is 1. The van der Waals surface area contributed by atoms with E-state index in [0.717, 1.165) is 10.4 Å². The van der Waals surface area contributed by atoms with Crippen LogP contribution in [0.25, 0.3) is 0 Å². The minimum absolute atomic E-state index is 0.225. The lowest BCUT2D eigenvalue weighted by Crippen LogP contribution is -2.27. The van der Waals surface area contributed by atoms with Gasteiger partial charge in [-0.1, -0.05) is 6.92 Å². The molecule has 0 unspecified atom stereocenters. The van der Waals surface area contributed by atoms with Crippen LogP contribution < -0.4 is 5.73 Å². The number of hydrogen-bond donors (Lipinski definition) is 1. The number of nitrogens with two attached hydrogens (primary N) is 1. The largest absolute Gasteiger partial charge is 0.399 e. The number of anilines is 1. The Labute approximate surface area is 94.9 Å². The van der Waals surface area contributed by atoms with Gasteiger partial charge in [0.05, 0.1) is 0 Å². The van der Waals surface area contributed by atoms with Gasteiger partial charge in [-0.25, -0.2) is 17.1 Å². The van der Waals surface area contributed by atoms with E-state index < -0.39 is 15.8 Å². The van der Waals surface area contributed by atoms with Gasteiger partial charge in [-0.05, 0) is 24.6 Å². The Morgan fingerprint density at radius 2 is 2.00 bits per heavy atom. The minimum Gasteiger partial charge on any atom is -0.399 e. The van der Waals surface area contributed by atoms with Crippen molar-refractivity contribution < 1.29 is 12.8 Å². The number of halogens is 1. The molecule has 0 saturated carbocycles. The van der Waals surface area contributed by atoms with Gasteiger partial charge in [-0.15, -0.1) is 0 Å². The highest BCUT2D eigenvalue weighted by atomic mass is 32.2. The van der Waals surface area contributed by atoms with E-state index in [0.29, 0.717) is 0 Å². The third-order valence-corrected chi connectivity index (χ3v) is 4.31. The molecule has 0 fully saturated rings. The predicted octanol–water partition coefficient (Wildman–Crippen LogP) is 1.36. The topological polar surface area (TPSA) is 63.4 Å². The van der Waals surface area contributed by atoms with Crippen LogP contribution in [-0.4, -0.2) is 26.3 Å². The van der Waals surface area contributed by atoms with E-state index in [2.05, 4.69) is 0 Å². The molecule has 0 spiro atoms. The Hall–Kier alpha value is -1.14. The summed E-state index contributed by atoms with van der Waals surface area (Å²) in [7, 11) is -2.39. The molecule has 0 bridgehead atoms. The predicted molar refractivity (Wildman–Crippen MR) is 61.0 cm³/mol. The summed E-state index contributed by atoms with van der Waals surface area (Å²) in [6.45, 7) is 3.43. The molecule has 0 heterocycles. The van der Waals surface area contributed by atoms with Crippen molar-refractivity contribution in [3.8, 4) is 0 Å². The maximum absolute atomic E-state index is 13.7. The Kier molecular flexibility index (Phi) is 3.54. The van der Waals surface area contributed by atoms with Crippen LogP contribution in [0.4, 0.5) is 10.1 Å². The van der Waals surface area contributed by atoms with E-state index >= 15 is 0 Å². The lowest BCUT2D eigenvalue weighted by atomic mass is 10.2. The maximum Gasteiger partial charge on any atom is 0.245 e. The number of rotatable bonds is 3. The quantitative estimate of drug-likeness (QED) is 0.819. The van der Waals surface area contributed by atoms with Gasteiger partial charge in [0, 0.05) is 19.3 Å². The summed E-state index contributed by atoms with van der Waals surface area (Å²) in [4.78, 5) is -0.366. The van der Waals surface area contributed by atoms with Gasteiger partial charge in [0.15, 0.2) is 0 Å². The van der Waals surface area contributed by atoms with E-state index in [-0.39, 0.29) is 22.7 Å². The first-order valence-corrected chi connectivity index (χ1v) is 6.26. The van der Waals surface area contributed by atoms with Gasteiger partial charge in [0.25, 0.3) is 0 Å². The fourth-order valence-corrected chi connectivity index (χ4v) is 2.64. The first kappa shape index (κ1) is 12.9. The van der Waals surface area contributed by atoms with Crippen LogP contribution >= 0.6 is 0 Å². The maximum atomic E-state index is 13.7. The van der Waals surface area contributed by atoms with Crippen LogP contribution in [0, 0.1) is 12.7 Å². The molecule has 6 heteroatoms. The second-order valence-electron chi connectivity index (χ2n) is 3.57. The van der Waals surface area contributed by atoms with E-state index in [1.165, 1.54) is 20.0 Å². The van der Waals surface area contributed by atoms with Crippen LogP contribution in [0.3, 0.4) is 0 Å². The number of hydrogen-bond acceptors (Lipinski definition) is 3. The minimum atomic E-state index is -3.79. The number of nitrogen functional groups attached to an aromatic ring is 1. The number of aryl methyl sites for hydroxylation is 1. The summed E-state index contributed by atoms with van der Waals surface area (Å²) in [5.41, 5.74) is 5.98. The third-order valence-electron chi connectivity index (χ3n) is 2.38. The van der Waals surface area contributed by atoms with Gasteiger partial charge in [0.2, 0.25) is 10.0 Å². The molecule has 2 N–H and O–H groups in total. The summed E-state index contributed by atoms with van der Waals surface area (Å²) < 4.78 is 38.6. The van der Waals surface area contributed by atoms with Gasteiger partial charge in [0.1, 0.15) is 10.7 Å². The Bertz CT molecular complexity index is 500. The van der Waals surface area contributed by atoms with Gasteiger partial charge < -0.3 is 5.73 Å². The summed E-state index contributed by atoms with van der Waals surface area (Å²) in [6, 6.07) is 2.55. The van der Waals surface area contributed by atoms with Crippen LogP contribution in [0.1, 0.15) is 12.5 Å². The lowest BCUT2D eigenvalue weighted by molar-refractivity contribution is 0.477. The average Bonchev–Trinajstić information content (AvgIpc) is 2.21. The van der Waals surface area contributed by atoms with Crippen molar-refractivity contribution in [1.82, 2.24) is 4.31 Å². The Morgan fingerprint density at radius 3 is 2.50 bits per heavy atom. The van der Waals surface area contributed by atoms with Crippen molar-refractivity contribution in [3.05, 3.63) is 23.5 Å². The molecule has 0 aliphatic carbocycles. The molecule has 0 aromatic heterocycles. The molecule has 90 valence electrons. The van der Waals surface area contributed by atoms with Crippen molar-refractivity contribution in [2.24, 2.45) is 0 Å². The number of sulfonamides is 1. The molecule has 0 aliphatic rings. The first-order chi connectivity index (χ1) is 7.30. The summed E-state index contributed by atoms with van der Waals surface area (Å²) in [5.74, 6) is -0.741. The molecule has 0 amide bonds. The third kappa shape index (κ3) is 2.17. The summed E-state index contributed by atoms with van der Waals surface area (Å²) in [6.07, 6.45) is 0. The first-order valence-electron chi connectivity index (χ1n) is 4.82. The fraction of sp³-hybridized carbons (Fsp3) is 0.400. The van der Waals surface area contributed by atoms with Gasteiger partial charge >= 0.3 is 0 Å². The molecule has 0 saturated heterocycles. The normalized spacial score (nSPS) is 12.1. The van der Waals surface area contributed by atoms with Crippen molar-refractivity contribution in [1.29, 1.82) is 0 Å². The molecule has 4 nitrogen and oxygen atoms in total. The second-order valence-corrected chi connectivity index (χ2v) is 5.58. The van der Waals surface area contributed by atoms with E-state index in [9.17, 15) is 12.8 Å². The molecule has 16 heavy (non-hydrogen) atoms. The van der Waals surface area contributed by atoms with Crippen LogP contribution in [0.2, 0.25) is 0 Å². The zero-order chi connectivity index (χ0) is 12.5. The molecule has 0 atom stereocenters. The zero-order valence-corrected chi connectivity index (χ0v) is 10.3. The van der Waals surface area contributed by atoms with Gasteiger partial charge in [-0.2, -0.15) is 0 Å². The standard InChI is InChI=1S/C10H15FN2O2S/c1-4-13(3)16(14,15)9-6-8(12)5-7(2)10(9)11/h5-6H,4,12H2,1-3H3. The van der Waals surface area contributed by atoms with E-state index in [4.69, 9.17) is 5.73 Å². The van der Waals surface area contributed by atoms with Crippen molar-refractivity contribution >= 4 is 15.7 Å². The highest BCUT2D eigenvalue weighted by Crippen LogP contribution is 2.23. The van der Waals surface area contributed by atoms with Crippen molar-refractivity contribution in [2.45, 2.75) is 18.7 Å². The molecule has 0 radical (unpaired) electrons. The summed E-state index contributed by atoms with van der Waals surface area (Å²) in [5, 5.41) is 0.